The van der Waals surface area contributed by atoms with Gasteiger partial charge in [-0.1, -0.05) is 6.07 Å². The van der Waals surface area contributed by atoms with Gasteiger partial charge in [0.15, 0.2) is 11.5 Å². The average molecular weight is 537 g/mol. The molecule has 5 aromatic heterocycles. The summed E-state index contributed by atoms with van der Waals surface area (Å²) in [6.45, 7) is 5.25. The molecule has 0 aliphatic carbocycles. The van der Waals surface area contributed by atoms with Crippen molar-refractivity contribution in [2.75, 3.05) is 44.4 Å². The van der Waals surface area contributed by atoms with Crippen LogP contribution in [0, 0.1) is 12.8 Å². The molecule has 0 unspecified atom stereocenters. The fourth-order valence-electron chi connectivity index (χ4n) is 5.11. The number of hydrogen-bond acceptors (Lipinski definition) is 8. The van der Waals surface area contributed by atoms with Crippen LogP contribution in [0.2, 0.25) is 0 Å². The molecule has 11 heteroatoms. The van der Waals surface area contributed by atoms with Crippen LogP contribution in [0.1, 0.15) is 21.9 Å². The van der Waals surface area contributed by atoms with Gasteiger partial charge in [0.05, 0.1) is 17.9 Å². The number of hydrogen-bond donors (Lipinski definition) is 3. The van der Waals surface area contributed by atoms with E-state index in [1.165, 1.54) is 0 Å². The van der Waals surface area contributed by atoms with E-state index in [1.807, 2.05) is 72.4 Å². The van der Waals surface area contributed by atoms with Crippen molar-refractivity contribution in [3.05, 3.63) is 78.1 Å². The number of rotatable bonds is 8. The van der Waals surface area contributed by atoms with Crippen LogP contribution >= 0.6 is 0 Å². The zero-order chi connectivity index (χ0) is 27.8. The third kappa shape index (κ3) is 4.98. The standard InChI is InChI=1S/C29H32N10O/c1-18-12-32-23-10-9-20(17-39(18)23)25-26(22-7-5-11-31-22)36-28(30)27(35-25)29(40)33-13-21-6-4-8-24(34-21)38-15-19(16-38)14-37(2)3/h4-12,17,19,31H,13-16H2,1-3H3,(H2,30,36)(H,33,40). The molecule has 0 atom stereocenters. The Morgan fingerprint density at radius 1 is 1.10 bits per heavy atom. The highest BCUT2D eigenvalue weighted by atomic mass is 16.1. The minimum atomic E-state index is -0.411. The summed E-state index contributed by atoms with van der Waals surface area (Å²) in [4.78, 5) is 39.5. The molecule has 1 aliphatic rings. The van der Waals surface area contributed by atoms with Gasteiger partial charge < -0.3 is 30.2 Å². The summed E-state index contributed by atoms with van der Waals surface area (Å²) in [6, 6.07) is 13.5. The number of amides is 1. The number of aryl methyl sites for hydroxylation is 1. The fourth-order valence-corrected chi connectivity index (χ4v) is 5.11. The molecule has 0 saturated carbocycles. The molecule has 0 spiro atoms. The van der Waals surface area contributed by atoms with Gasteiger partial charge >= 0.3 is 0 Å². The van der Waals surface area contributed by atoms with Gasteiger partial charge in [0.25, 0.3) is 5.91 Å². The molecular weight excluding hydrogens is 504 g/mol. The number of H-pyrrole nitrogens is 1. The zero-order valence-electron chi connectivity index (χ0n) is 22.8. The van der Waals surface area contributed by atoms with Crippen LogP contribution in [0.15, 0.2) is 61.1 Å². The van der Waals surface area contributed by atoms with E-state index in [0.29, 0.717) is 17.3 Å². The minimum Gasteiger partial charge on any atom is -0.382 e. The van der Waals surface area contributed by atoms with Crippen LogP contribution < -0.4 is 16.0 Å². The number of carbonyl (C=O) groups is 1. The highest BCUT2D eigenvalue weighted by Crippen LogP contribution is 2.30. The van der Waals surface area contributed by atoms with E-state index >= 15 is 0 Å². The van der Waals surface area contributed by atoms with Crippen molar-refractivity contribution in [3.8, 4) is 22.6 Å². The average Bonchev–Trinajstić information content (AvgIpc) is 3.59. The maximum Gasteiger partial charge on any atom is 0.274 e. The summed E-state index contributed by atoms with van der Waals surface area (Å²) >= 11 is 0. The molecule has 1 fully saturated rings. The Morgan fingerprint density at radius 2 is 1.95 bits per heavy atom. The Hall–Kier alpha value is -4.77. The molecule has 0 aromatic carbocycles. The van der Waals surface area contributed by atoms with Crippen molar-refractivity contribution in [1.29, 1.82) is 0 Å². The summed E-state index contributed by atoms with van der Waals surface area (Å²) in [6.07, 6.45) is 5.57. The molecule has 0 bridgehead atoms. The number of nitrogens with two attached hydrogens (primary N) is 1. The van der Waals surface area contributed by atoms with Crippen LogP contribution in [0.5, 0.6) is 0 Å². The summed E-state index contributed by atoms with van der Waals surface area (Å²) < 4.78 is 1.98. The first-order valence-electron chi connectivity index (χ1n) is 13.2. The molecule has 0 radical (unpaired) electrons. The molecule has 1 amide bonds. The van der Waals surface area contributed by atoms with Gasteiger partial charge in [0.2, 0.25) is 0 Å². The molecule has 4 N–H and O–H groups in total. The highest BCUT2D eigenvalue weighted by Gasteiger charge is 2.28. The van der Waals surface area contributed by atoms with E-state index in [-0.39, 0.29) is 18.1 Å². The van der Waals surface area contributed by atoms with E-state index in [0.717, 1.165) is 53.7 Å². The molecule has 1 saturated heterocycles. The van der Waals surface area contributed by atoms with E-state index in [1.54, 1.807) is 0 Å². The van der Waals surface area contributed by atoms with Gasteiger partial charge in [0.1, 0.15) is 22.9 Å². The van der Waals surface area contributed by atoms with Crippen LogP contribution in [-0.4, -0.2) is 73.9 Å². The van der Waals surface area contributed by atoms with E-state index < -0.39 is 5.91 Å². The van der Waals surface area contributed by atoms with Crippen LogP contribution in [0.4, 0.5) is 11.6 Å². The number of anilines is 2. The van der Waals surface area contributed by atoms with E-state index in [9.17, 15) is 4.79 Å². The smallest absolute Gasteiger partial charge is 0.274 e. The van der Waals surface area contributed by atoms with E-state index in [4.69, 9.17) is 15.7 Å². The first-order chi connectivity index (χ1) is 19.4. The van der Waals surface area contributed by atoms with Gasteiger partial charge in [-0.05, 0) is 57.4 Å². The topological polar surface area (TPSA) is 133 Å². The minimum absolute atomic E-state index is 0.0555. The van der Waals surface area contributed by atoms with Gasteiger partial charge in [-0.15, -0.1) is 0 Å². The Kier molecular flexibility index (Phi) is 6.64. The summed E-state index contributed by atoms with van der Waals surface area (Å²) in [5.41, 5.74) is 11.6. The molecule has 11 nitrogen and oxygen atoms in total. The predicted molar refractivity (Wildman–Crippen MR) is 155 cm³/mol. The zero-order valence-corrected chi connectivity index (χ0v) is 22.8. The second-order valence-electron chi connectivity index (χ2n) is 10.5. The lowest BCUT2D eigenvalue weighted by Gasteiger charge is -2.41. The Balaban J connectivity index is 1.24. The van der Waals surface area contributed by atoms with Gasteiger partial charge in [-0.3, -0.25) is 4.79 Å². The predicted octanol–water partition coefficient (Wildman–Crippen LogP) is 3.00. The first-order valence-corrected chi connectivity index (χ1v) is 13.2. The molecule has 40 heavy (non-hydrogen) atoms. The number of aromatic nitrogens is 6. The van der Waals surface area contributed by atoms with Crippen LogP contribution in [0.25, 0.3) is 28.3 Å². The van der Waals surface area contributed by atoms with Crippen molar-refractivity contribution >= 4 is 23.2 Å². The van der Waals surface area contributed by atoms with Crippen molar-refractivity contribution in [3.63, 3.8) is 0 Å². The number of nitrogen functional groups attached to an aromatic ring is 1. The monoisotopic (exact) mass is 536 g/mol. The lowest BCUT2D eigenvalue weighted by atomic mass is 10.00. The van der Waals surface area contributed by atoms with Gasteiger partial charge in [-0.2, -0.15) is 0 Å². The summed E-state index contributed by atoms with van der Waals surface area (Å²) in [5.74, 6) is 1.21. The maximum absolute atomic E-state index is 13.3. The number of aromatic amines is 1. The molecular formula is C29H32N10O. The third-order valence-corrected chi connectivity index (χ3v) is 7.08. The Labute approximate surface area is 232 Å². The quantitative estimate of drug-likeness (QED) is 0.276. The Bertz CT molecular complexity index is 1670. The number of pyridine rings is 2. The maximum atomic E-state index is 13.3. The van der Waals surface area contributed by atoms with Crippen LogP contribution in [0.3, 0.4) is 0 Å². The van der Waals surface area contributed by atoms with Crippen molar-refractivity contribution in [2.45, 2.75) is 13.5 Å². The number of nitrogens with one attached hydrogen (secondary N) is 2. The highest BCUT2D eigenvalue weighted by molar-refractivity contribution is 5.97. The fraction of sp³-hybridized carbons (Fsp3) is 0.276. The largest absolute Gasteiger partial charge is 0.382 e. The van der Waals surface area contributed by atoms with Crippen molar-refractivity contribution in [1.82, 2.24) is 39.5 Å². The molecule has 6 rings (SSSR count). The van der Waals surface area contributed by atoms with Crippen LogP contribution in [-0.2, 0) is 6.54 Å². The number of nitrogens with zero attached hydrogens (tertiary/aromatic N) is 7. The van der Waals surface area contributed by atoms with Crippen molar-refractivity contribution < 1.29 is 4.79 Å². The number of imidazole rings is 1. The lowest BCUT2D eigenvalue weighted by molar-refractivity contribution is 0.0946. The van der Waals surface area contributed by atoms with Crippen molar-refractivity contribution in [2.24, 2.45) is 5.92 Å². The normalized spacial score (nSPS) is 13.7. The number of fused-ring (bicyclic) bond motifs is 1. The van der Waals surface area contributed by atoms with E-state index in [2.05, 4.69) is 44.2 Å². The summed E-state index contributed by atoms with van der Waals surface area (Å²) in [7, 11) is 4.19. The SMILES string of the molecule is Cc1cnc2ccc(-c3nc(C(=O)NCc4cccc(N5CC(CN(C)C)C5)n4)c(N)nc3-c3ccc[nH]3)cn12. The third-order valence-electron chi connectivity index (χ3n) is 7.08. The second kappa shape index (κ2) is 10.4. The first kappa shape index (κ1) is 25.5. The lowest BCUT2D eigenvalue weighted by Crippen LogP contribution is -2.51. The molecule has 1 aliphatic heterocycles. The second-order valence-corrected chi connectivity index (χ2v) is 10.5. The summed E-state index contributed by atoms with van der Waals surface area (Å²) in [5, 5.41) is 2.93. The van der Waals surface area contributed by atoms with Gasteiger partial charge in [-0.25, -0.2) is 19.9 Å². The molecule has 6 heterocycles. The molecule has 204 valence electrons. The Morgan fingerprint density at radius 3 is 2.73 bits per heavy atom. The molecule has 5 aromatic rings. The van der Waals surface area contributed by atoms with Gasteiger partial charge in [0, 0.05) is 55.4 Å². The number of carbonyl (C=O) groups excluding carboxylic acids is 1.